The van der Waals surface area contributed by atoms with E-state index >= 15 is 0 Å². The first-order chi connectivity index (χ1) is 15.5. The summed E-state index contributed by atoms with van der Waals surface area (Å²) in [6.45, 7) is 8.58. The molecule has 3 aromatic rings. The molecule has 0 saturated heterocycles. The number of nitrogens with zero attached hydrogens (tertiary/aromatic N) is 4. The lowest BCUT2D eigenvalue weighted by Crippen LogP contribution is -2.27. The zero-order chi connectivity index (χ0) is 22.9. The number of thioether (sulfide) groups is 1. The van der Waals surface area contributed by atoms with Crippen LogP contribution in [-0.2, 0) is 17.9 Å². The molecule has 0 unspecified atom stereocenters. The highest BCUT2D eigenvalue weighted by Crippen LogP contribution is 2.23. The summed E-state index contributed by atoms with van der Waals surface area (Å²) in [7, 11) is 0. The first-order valence-corrected chi connectivity index (χ1v) is 10.9. The van der Waals surface area contributed by atoms with Crippen molar-refractivity contribution in [3.05, 3.63) is 84.0 Å². The van der Waals surface area contributed by atoms with E-state index in [1.165, 1.54) is 29.6 Å². The van der Waals surface area contributed by atoms with Crippen LogP contribution >= 0.6 is 11.8 Å². The number of benzene rings is 2. The number of hydrogen-bond acceptors (Lipinski definition) is 6. The van der Waals surface area contributed by atoms with Gasteiger partial charge in [-0.05, 0) is 32.0 Å². The Balaban J connectivity index is 1.61. The molecule has 0 bridgehead atoms. The van der Waals surface area contributed by atoms with Crippen molar-refractivity contribution in [3.8, 4) is 0 Å². The number of hydrazone groups is 1. The lowest BCUT2D eigenvalue weighted by molar-refractivity contribution is -0.120. The van der Waals surface area contributed by atoms with E-state index in [9.17, 15) is 9.18 Å². The Bertz CT molecular complexity index is 1100. The van der Waals surface area contributed by atoms with Crippen LogP contribution in [0.4, 0.5) is 10.1 Å². The second-order valence-corrected chi connectivity index (χ2v) is 8.34. The molecule has 166 valence electrons. The third-order valence-corrected chi connectivity index (χ3v) is 5.62. The van der Waals surface area contributed by atoms with Gasteiger partial charge in [0.1, 0.15) is 5.82 Å². The van der Waals surface area contributed by atoms with Gasteiger partial charge in [-0.1, -0.05) is 53.7 Å². The lowest BCUT2D eigenvalue weighted by Gasteiger charge is -2.12. The van der Waals surface area contributed by atoms with Crippen LogP contribution in [0.15, 0.2) is 71.4 Å². The highest BCUT2D eigenvalue weighted by atomic mass is 32.2. The molecule has 0 fully saturated rings. The maximum atomic E-state index is 13.6. The van der Waals surface area contributed by atoms with Crippen LogP contribution in [-0.4, -0.2) is 32.1 Å². The Hall–Kier alpha value is -3.46. The number of carbonyl (C=O) groups is 1. The van der Waals surface area contributed by atoms with E-state index < -0.39 is 11.1 Å². The molecular formula is C23H25FN6OS. The van der Waals surface area contributed by atoms with Gasteiger partial charge in [0, 0.05) is 17.8 Å². The summed E-state index contributed by atoms with van der Waals surface area (Å²) in [6, 6.07) is 14.3. The van der Waals surface area contributed by atoms with Gasteiger partial charge in [0.25, 0.3) is 5.91 Å². The zero-order valence-corrected chi connectivity index (χ0v) is 18.8. The van der Waals surface area contributed by atoms with Crippen molar-refractivity contribution in [2.45, 2.75) is 37.3 Å². The number of amides is 1. The Labute approximate surface area is 190 Å². The van der Waals surface area contributed by atoms with E-state index in [1.807, 2.05) is 35.8 Å². The van der Waals surface area contributed by atoms with Gasteiger partial charge in [-0.2, -0.15) is 5.10 Å². The number of rotatable bonds is 10. The SMILES string of the molecule is C=CCn1c(CNc2ccc(C)cc2)nnc1S[C@H](C)C(=O)N/N=C\c1ccccc1F. The summed E-state index contributed by atoms with van der Waals surface area (Å²) < 4.78 is 15.5. The van der Waals surface area contributed by atoms with Crippen molar-refractivity contribution < 1.29 is 9.18 Å². The molecule has 2 N–H and O–H groups in total. The minimum atomic E-state index is -0.488. The zero-order valence-electron chi connectivity index (χ0n) is 18.0. The van der Waals surface area contributed by atoms with E-state index in [2.05, 4.69) is 32.6 Å². The molecule has 0 radical (unpaired) electrons. The first kappa shape index (κ1) is 23.2. The molecule has 0 saturated carbocycles. The van der Waals surface area contributed by atoms with Crippen molar-refractivity contribution in [3.63, 3.8) is 0 Å². The highest BCUT2D eigenvalue weighted by Gasteiger charge is 2.19. The Morgan fingerprint density at radius 3 is 2.72 bits per heavy atom. The lowest BCUT2D eigenvalue weighted by atomic mass is 10.2. The average molecular weight is 453 g/mol. The molecular weight excluding hydrogens is 427 g/mol. The Morgan fingerprint density at radius 1 is 1.25 bits per heavy atom. The standard InChI is InChI=1S/C23H25FN6OS/c1-4-13-30-21(15-25-19-11-9-16(2)10-12-19)27-29-23(30)32-17(3)22(31)28-26-14-18-7-5-6-8-20(18)24/h4-12,14,17,25H,1,13,15H2,2-3H3,(H,28,31)/b26-14-/t17-/m1/s1. The fraction of sp³-hybridized carbons (Fsp3) is 0.217. The number of nitrogens with one attached hydrogen (secondary N) is 2. The average Bonchev–Trinajstić information content (AvgIpc) is 3.16. The quantitative estimate of drug-likeness (QED) is 0.209. The maximum absolute atomic E-state index is 13.6. The molecule has 0 spiro atoms. The molecule has 0 aliphatic heterocycles. The van der Waals surface area contributed by atoms with Gasteiger partial charge in [0.15, 0.2) is 11.0 Å². The van der Waals surface area contributed by atoms with Gasteiger partial charge in [0.2, 0.25) is 0 Å². The van der Waals surface area contributed by atoms with Gasteiger partial charge in [0.05, 0.1) is 18.0 Å². The Morgan fingerprint density at radius 2 is 2.00 bits per heavy atom. The minimum Gasteiger partial charge on any atom is -0.378 e. The van der Waals surface area contributed by atoms with Crippen LogP contribution in [0.1, 0.15) is 23.9 Å². The predicted octanol–water partition coefficient (Wildman–Crippen LogP) is 4.15. The molecule has 0 aliphatic rings. The predicted molar refractivity (Wildman–Crippen MR) is 126 cm³/mol. The molecule has 1 aromatic heterocycles. The molecule has 9 heteroatoms. The third kappa shape index (κ3) is 6.27. The van der Waals surface area contributed by atoms with Gasteiger partial charge in [-0.25, -0.2) is 9.82 Å². The number of hydrogen-bond donors (Lipinski definition) is 2. The molecule has 1 heterocycles. The summed E-state index contributed by atoms with van der Waals surface area (Å²) in [5.74, 6) is 0.00505. The number of allylic oxidation sites excluding steroid dienone is 1. The van der Waals surface area contributed by atoms with Crippen molar-refractivity contribution >= 4 is 29.6 Å². The van der Waals surface area contributed by atoms with Crippen LogP contribution in [0.25, 0.3) is 0 Å². The topological polar surface area (TPSA) is 84.2 Å². The van der Waals surface area contributed by atoms with Crippen LogP contribution in [0.3, 0.4) is 0 Å². The summed E-state index contributed by atoms with van der Waals surface area (Å²) in [6.07, 6.45) is 3.03. The van der Waals surface area contributed by atoms with E-state index in [0.29, 0.717) is 23.8 Å². The second kappa shape index (κ2) is 11.2. The number of anilines is 1. The molecule has 32 heavy (non-hydrogen) atoms. The molecule has 7 nitrogen and oxygen atoms in total. The van der Waals surface area contributed by atoms with Crippen molar-refractivity contribution in [2.24, 2.45) is 5.10 Å². The van der Waals surface area contributed by atoms with Crippen molar-refractivity contribution in [2.75, 3.05) is 5.32 Å². The second-order valence-electron chi connectivity index (χ2n) is 7.03. The molecule has 2 aromatic carbocycles. The Kier molecular flexibility index (Phi) is 8.15. The summed E-state index contributed by atoms with van der Waals surface area (Å²) >= 11 is 1.27. The van der Waals surface area contributed by atoms with E-state index in [0.717, 1.165) is 11.5 Å². The smallest absolute Gasteiger partial charge is 0.253 e. The molecule has 3 rings (SSSR count). The third-order valence-electron chi connectivity index (χ3n) is 4.54. The summed E-state index contributed by atoms with van der Waals surface area (Å²) in [5, 5.41) is 15.8. The van der Waals surface area contributed by atoms with Gasteiger partial charge in [-0.3, -0.25) is 4.79 Å². The van der Waals surface area contributed by atoms with Crippen LogP contribution in [0, 0.1) is 12.7 Å². The van der Waals surface area contributed by atoms with Gasteiger partial charge < -0.3 is 9.88 Å². The monoisotopic (exact) mass is 452 g/mol. The van der Waals surface area contributed by atoms with E-state index in [-0.39, 0.29) is 5.91 Å². The van der Waals surface area contributed by atoms with Crippen LogP contribution in [0.5, 0.6) is 0 Å². The number of carbonyl (C=O) groups excluding carboxylic acids is 1. The van der Waals surface area contributed by atoms with Gasteiger partial charge in [-0.15, -0.1) is 16.8 Å². The van der Waals surface area contributed by atoms with Crippen LogP contribution < -0.4 is 10.7 Å². The number of aryl methyl sites for hydroxylation is 1. The van der Waals surface area contributed by atoms with Crippen molar-refractivity contribution in [1.29, 1.82) is 0 Å². The maximum Gasteiger partial charge on any atom is 0.253 e. The molecule has 0 aliphatic carbocycles. The summed E-state index contributed by atoms with van der Waals surface area (Å²) in [5.41, 5.74) is 4.91. The fourth-order valence-corrected chi connectivity index (χ4v) is 3.62. The highest BCUT2D eigenvalue weighted by molar-refractivity contribution is 8.00. The molecule has 1 atom stereocenters. The van der Waals surface area contributed by atoms with Crippen LogP contribution in [0.2, 0.25) is 0 Å². The van der Waals surface area contributed by atoms with E-state index in [1.54, 1.807) is 31.2 Å². The largest absolute Gasteiger partial charge is 0.378 e. The molecule has 1 amide bonds. The minimum absolute atomic E-state index is 0.296. The number of aromatic nitrogens is 3. The van der Waals surface area contributed by atoms with E-state index in [4.69, 9.17) is 0 Å². The number of halogens is 1. The normalized spacial score (nSPS) is 12.0. The van der Waals surface area contributed by atoms with Gasteiger partial charge >= 0.3 is 0 Å². The fourth-order valence-electron chi connectivity index (χ4n) is 2.75. The van der Waals surface area contributed by atoms with Crippen molar-refractivity contribution in [1.82, 2.24) is 20.2 Å². The summed E-state index contributed by atoms with van der Waals surface area (Å²) in [4.78, 5) is 12.4. The first-order valence-electron chi connectivity index (χ1n) is 10.1.